The number of aromatic nitrogens is 2. The molecule has 0 unspecified atom stereocenters. The number of alkyl halides is 3. The van der Waals surface area contributed by atoms with Gasteiger partial charge in [-0.25, -0.2) is 9.37 Å². The smallest absolute Gasteiger partial charge is 0.423 e. The Hall–Kier alpha value is -2.97. The summed E-state index contributed by atoms with van der Waals surface area (Å²) in [6, 6.07) is 3.34. The number of ether oxygens (including phenoxy) is 1. The Balaban J connectivity index is 2.03. The van der Waals surface area contributed by atoms with Gasteiger partial charge in [0.25, 0.3) is 0 Å². The van der Waals surface area contributed by atoms with E-state index in [0.29, 0.717) is 12.7 Å². The third kappa shape index (κ3) is 5.39. The van der Waals surface area contributed by atoms with Gasteiger partial charge in [0.05, 0.1) is 11.2 Å². The SMILES string of the molecule is CC(C)(O)c1cc(C#N)c(F)cc1Oc1nc(N[C@H]2CCCNC2)ncc1C(F)(F)F. The van der Waals surface area contributed by atoms with Crippen molar-refractivity contribution >= 4 is 5.95 Å². The first-order chi connectivity index (χ1) is 14.5. The average molecular weight is 439 g/mol. The van der Waals surface area contributed by atoms with E-state index in [1.165, 1.54) is 13.8 Å². The molecule has 2 heterocycles. The summed E-state index contributed by atoms with van der Waals surface area (Å²) in [7, 11) is 0. The molecule has 1 aromatic heterocycles. The summed E-state index contributed by atoms with van der Waals surface area (Å²) in [5.41, 5.74) is -3.33. The van der Waals surface area contributed by atoms with Gasteiger partial charge in [0.1, 0.15) is 23.2 Å². The fourth-order valence-corrected chi connectivity index (χ4v) is 3.17. The normalized spacial score (nSPS) is 17.2. The fraction of sp³-hybridized carbons (Fsp3) is 0.450. The van der Waals surface area contributed by atoms with Crippen LogP contribution in [0, 0.1) is 17.1 Å². The van der Waals surface area contributed by atoms with E-state index < -0.39 is 34.8 Å². The molecule has 1 aliphatic heterocycles. The molecular formula is C20H21F4N5O2. The Morgan fingerprint density at radius 2 is 2.03 bits per heavy atom. The maximum absolute atomic E-state index is 14.2. The number of nitrogens with zero attached hydrogens (tertiary/aromatic N) is 3. The van der Waals surface area contributed by atoms with E-state index in [1.807, 2.05) is 0 Å². The topological polar surface area (TPSA) is 103 Å². The highest BCUT2D eigenvalue weighted by Crippen LogP contribution is 2.40. The van der Waals surface area contributed by atoms with Crippen molar-refractivity contribution in [3.05, 3.63) is 40.8 Å². The number of aliphatic hydroxyl groups is 1. The molecule has 3 rings (SSSR count). The van der Waals surface area contributed by atoms with Crippen molar-refractivity contribution in [2.45, 2.75) is 44.5 Å². The third-order valence-corrected chi connectivity index (χ3v) is 4.74. The van der Waals surface area contributed by atoms with Crippen molar-refractivity contribution < 1.29 is 27.4 Å². The van der Waals surface area contributed by atoms with Gasteiger partial charge in [-0.1, -0.05) is 0 Å². The Kier molecular flexibility index (Phi) is 6.33. The van der Waals surface area contributed by atoms with E-state index in [9.17, 15) is 22.7 Å². The van der Waals surface area contributed by atoms with Gasteiger partial charge in [0.15, 0.2) is 0 Å². The molecule has 0 amide bonds. The molecule has 0 aliphatic carbocycles. The lowest BCUT2D eigenvalue weighted by molar-refractivity contribution is -0.139. The summed E-state index contributed by atoms with van der Waals surface area (Å²) in [5.74, 6) is -2.31. The van der Waals surface area contributed by atoms with Crippen molar-refractivity contribution in [2.75, 3.05) is 18.4 Å². The largest absolute Gasteiger partial charge is 0.438 e. The van der Waals surface area contributed by atoms with Gasteiger partial charge in [-0.2, -0.15) is 23.4 Å². The van der Waals surface area contributed by atoms with Crippen LogP contribution in [0.15, 0.2) is 18.3 Å². The van der Waals surface area contributed by atoms with E-state index in [2.05, 4.69) is 20.6 Å². The molecule has 11 heteroatoms. The third-order valence-electron chi connectivity index (χ3n) is 4.74. The number of benzene rings is 1. The number of rotatable bonds is 5. The highest BCUT2D eigenvalue weighted by molar-refractivity contribution is 5.48. The molecule has 2 aromatic rings. The predicted octanol–water partition coefficient (Wildman–Crippen LogP) is 3.69. The van der Waals surface area contributed by atoms with Crippen molar-refractivity contribution in [1.29, 1.82) is 5.26 Å². The minimum absolute atomic E-state index is 0.0665. The minimum atomic E-state index is -4.83. The molecule has 1 saturated heterocycles. The van der Waals surface area contributed by atoms with Crippen LogP contribution in [0.2, 0.25) is 0 Å². The highest BCUT2D eigenvalue weighted by Gasteiger charge is 2.37. The lowest BCUT2D eigenvalue weighted by atomic mass is 9.95. The molecule has 1 atom stereocenters. The number of hydrogen-bond acceptors (Lipinski definition) is 7. The molecule has 0 spiro atoms. The first-order valence-corrected chi connectivity index (χ1v) is 9.55. The average Bonchev–Trinajstić information content (AvgIpc) is 2.67. The molecular weight excluding hydrogens is 418 g/mol. The van der Waals surface area contributed by atoms with Gasteiger partial charge in [-0.05, 0) is 39.3 Å². The van der Waals surface area contributed by atoms with Crippen LogP contribution < -0.4 is 15.4 Å². The van der Waals surface area contributed by atoms with Gasteiger partial charge in [0.2, 0.25) is 11.8 Å². The van der Waals surface area contributed by atoms with Crippen molar-refractivity contribution in [3.8, 4) is 17.7 Å². The van der Waals surface area contributed by atoms with Crippen molar-refractivity contribution in [3.63, 3.8) is 0 Å². The molecule has 1 aliphatic rings. The summed E-state index contributed by atoms with van der Waals surface area (Å²) in [5, 5.41) is 25.5. The van der Waals surface area contributed by atoms with Crippen LogP contribution in [0.1, 0.15) is 43.4 Å². The standard InChI is InChI=1S/C20H21F4N5O2/c1-19(2,30)13-6-11(8-25)15(21)7-16(13)31-17-14(20(22,23)24)10-27-18(29-17)28-12-4-3-5-26-9-12/h6-7,10,12,26,30H,3-5,9H2,1-2H3,(H,27,28,29)/t12-/m0/s1. The molecule has 1 aromatic carbocycles. The Morgan fingerprint density at radius 3 is 2.61 bits per heavy atom. The first-order valence-electron chi connectivity index (χ1n) is 9.55. The maximum atomic E-state index is 14.2. The Morgan fingerprint density at radius 1 is 1.29 bits per heavy atom. The summed E-state index contributed by atoms with van der Waals surface area (Å²) >= 11 is 0. The van der Waals surface area contributed by atoms with Crippen LogP contribution in [0.3, 0.4) is 0 Å². The van der Waals surface area contributed by atoms with Crippen LogP contribution in [-0.2, 0) is 11.8 Å². The molecule has 31 heavy (non-hydrogen) atoms. The van der Waals surface area contributed by atoms with Gasteiger partial charge in [-0.3, -0.25) is 0 Å². The molecule has 1 fully saturated rings. The van der Waals surface area contributed by atoms with E-state index in [4.69, 9.17) is 10.00 Å². The van der Waals surface area contributed by atoms with Crippen molar-refractivity contribution in [2.24, 2.45) is 0 Å². The van der Waals surface area contributed by atoms with E-state index >= 15 is 0 Å². The predicted molar refractivity (Wildman–Crippen MR) is 103 cm³/mol. The van der Waals surface area contributed by atoms with Gasteiger partial charge >= 0.3 is 6.18 Å². The Labute approximate surface area is 176 Å². The zero-order valence-corrected chi connectivity index (χ0v) is 16.8. The second-order valence-corrected chi connectivity index (χ2v) is 7.70. The first kappa shape index (κ1) is 22.7. The zero-order valence-electron chi connectivity index (χ0n) is 16.8. The molecule has 3 N–H and O–H groups in total. The van der Waals surface area contributed by atoms with Crippen LogP contribution in [-0.4, -0.2) is 34.2 Å². The van der Waals surface area contributed by atoms with Gasteiger partial charge in [-0.15, -0.1) is 0 Å². The lowest BCUT2D eigenvalue weighted by Crippen LogP contribution is -2.38. The van der Waals surface area contributed by atoms with Crippen molar-refractivity contribution in [1.82, 2.24) is 15.3 Å². The fourth-order valence-electron chi connectivity index (χ4n) is 3.17. The molecule has 0 radical (unpaired) electrons. The second kappa shape index (κ2) is 8.64. The van der Waals surface area contributed by atoms with E-state index in [1.54, 1.807) is 6.07 Å². The monoisotopic (exact) mass is 439 g/mol. The van der Waals surface area contributed by atoms with E-state index in [-0.39, 0.29) is 23.1 Å². The van der Waals surface area contributed by atoms with Crippen LogP contribution in [0.25, 0.3) is 0 Å². The number of piperidine rings is 1. The molecule has 7 nitrogen and oxygen atoms in total. The maximum Gasteiger partial charge on any atom is 0.423 e. The number of nitrogens with one attached hydrogen (secondary N) is 2. The number of hydrogen-bond donors (Lipinski definition) is 3. The van der Waals surface area contributed by atoms with Gasteiger partial charge in [0, 0.05) is 30.4 Å². The van der Waals surface area contributed by atoms with Gasteiger partial charge < -0.3 is 20.5 Å². The summed E-state index contributed by atoms with van der Waals surface area (Å²) in [6.07, 6.45) is -2.57. The minimum Gasteiger partial charge on any atom is -0.438 e. The summed E-state index contributed by atoms with van der Waals surface area (Å²) in [6.45, 7) is 4.12. The van der Waals surface area contributed by atoms with Crippen LogP contribution in [0.5, 0.6) is 11.6 Å². The summed E-state index contributed by atoms with van der Waals surface area (Å²) < 4.78 is 60.1. The number of nitriles is 1. The van der Waals surface area contributed by atoms with Crippen LogP contribution in [0.4, 0.5) is 23.5 Å². The lowest BCUT2D eigenvalue weighted by Gasteiger charge is -2.25. The molecule has 0 saturated carbocycles. The second-order valence-electron chi connectivity index (χ2n) is 7.70. The number of anilines is 1. The van der Waals surface area contributed by atoms with Crippen LogP contribution >= 0.6 is 0 Å². The molecule has 0 bridgehead atoms. The Bertz CT molecular complexity index is 993. The molecule has 166 valence electrons. The van der Waals surface area contributed by atoms with E-state index in [0.717, 1.165) is 31.5 Å². The summed E-state index contributed by atoms with van der Waals surface area (Å²) in [4.78, 5) is 7.60. The number of halogens is 4. The quantitative estimate of drug-likeness (QED) is 0.611. The highest BCUT2D eigenvalue weighted by atomic mass is 19.4. The zero-order chi connectivity index (χ0) is 22.8.